The summed E-state index contributed by atoms with van der Waals surface area (Å²) in [5.74, 6) is -0.539. The summed E-state index contributed by atoms with van der Waals surface area (Å²) in [5.41, 5.74) is 1.69. The second-order valence-corrected chi connectivity index (χ2v) is 8.09. The van der Waals surface area contributed by atoms with E-state index in [0.29, 0.717) is 45.0 Å². The van der Waals surface area contributed by atoms with Gasteiger partial charge < -0.3 is 19.9 Å². The predicted molar refractivity (Wildman–Crippen MR) is 124 cm³/mol. The van der Waals surface area contributed by atoms with Gasteiger partial charge in [0.15, 0.2) is 5.69 Å². The van der Waals surface area contributed by atoms with E-state index in [1.807, 2.05) is 37.3 Å². The van der Waals surface area contributed by atoms with Gasteiger partial charge in [-0.25, -0.2) is 0 Å². The maximum Gasteiger partial charge on any atom is 0.274 e. The Morgan fingerprint density at radius 3 is 2.70 bits per heavy atom. The Kier molecular flexibility index (Phi) is 9.00. The highest BCUT2D eigenvalue weighted by molar-refractivity contribution is 5.98. The van der Waals surface area contributed by atoms with E-state index in [2.05, 4.69) is 10.4 Å². The van der Waals surface area contributed by atoms with Gasteiger partial charge in [-0.2, -0.15) is 5.10 Å². The highest BCUT2D eigenvalue weighted by Crippen LogP contribution is 2.17. The number of methoxy groups -OCH3 is 1. The number of carbonyl (C=O) groups is 3. The molecule has 1 aromatic heterocycles. The highest BCUT2D eigenvalue weighted by Gasteiger charge is 2.28. The van der Waals surface area contributed by atoms with E-state index >= 15 is 0 Å². The molecule has 1 N–H and O–H groups in total. The van der Waals surface area contributed by atoms with E-state index < -0.39 is 0 Å². The Labute approximate surface area is 194 Å². The van der Waals surface area contributed by atoms with E-state index in [0.717, 1.165) is 18.4 Å². The zero-order valence-corrected chi connectivity index (χ0v) is 19.5. The van der Waals surface area contributed by atoms with Gasteiger partial charge in [-0.15, -0.1) is 0 Å². The number of ether oxygens (including phenoxy) is 1. The number of aromatic nitrogens is 2. The molecule has 0 bridgehead atoms. The van der Waals surface area contributed by atoms with Crippen molar-refractivity contribution in [2.24, 2.45) is 0 Å². The molecule has 0 radical (unpaired) electrons. The average Bonchev–Trinajstić information content (AvgIpc) is 3.20. The third kappa shape index (κ3) is 6.64. The summed E-state index contributed by atoms with van der Waals surface area (Å²) in [6, 6.07) is 11.4. The fourth-order valence-corrected chi connectivity index (χ4v) is 3.76. The zero-order chi connectivity index (χ0) is 23.6. The number of rotatable bonds is 11. The molecule has 2 aromatic rings. The van der Waals surface area contributed by atoms with Gasteiger partial charge in [0.2, 0.25) is 5.91 Å². The minimum absolute atomic E-state index is 0.0978. The second kappa shape index (κ2) is 12.2. The first-order chi connectivity index (χ1) is 16.0. The van der Waals surface area contributed by atoms with E-state index in [1.54, 1.807) is 27.7 Å². The predicted octanol–water partition coefficient (Wildman–Crippen LogP) is 1.93. The molecule has 0 saturated carbocycles. The highest BCUT2D eigenvalue weighted by atomic mass is 16.5. The summed E-state index contributed by atoms with van der Waals surface area (Å²) in [6.45, 7) is 5.26. The topological polar surface area (TPSA) is 96.8 Å². The molecule has 9 nitrogen and oxygen atoms in total. The van der Waals surface area contributed by atoms with Crippen LogP contribution in [0.15, 0.2) is 36.4 Å². The Morgan fingerprint density at radius 2 is 1.97 bits per heavy atom. The lowest BCUT2D eigenvalue weighted by atomic mass is 10.2. The smallest absolute Gasteiger partial charge is 0.274 e. The van der Waals surface area contributed by atoms with Gasteiger partial charge in [-0.3, -0.25) is 19.1 Å². The normalized spacial score (nSPS) is 13.4. The standard InChI is InChI=1S/C24H33N5O4/c1-3-11-25-22(30)10-14-27(15-16-33-2)23(31)20-17-21-24(32)28(12-7-13-29(21)26-20)18-19-8-5-4-6-9-19/h4-6,8-9,17H,3,7,10-16,18H2,1-2H3,(H,25,30). The maximum absolute atomic E-state index is 13.2. The summed E-state index contributed by atoms with van der Waals surface area (Å²) in [7, 11) is 1.56. The number of hydrogen-bond acceptors (Lipinski definition) is 5. The Hall–Kier alpha value is -3.20. The quantitative estimate of drug-likeness (QED) is 0.559. The monoisotopic (exact) mass is 455 g/mol. The molecule has 2 heterocycles. The molecule has 0 atom stereocenters. The number of nitrogens with one attached hydrogen (secondary N) is 1. The molecule has 9 heteroatoms. The minimum atomic E-state index is -0.307. The number of aryl methyl sites for hydroxylation is 1. The van der Waals surface area contributed by atoms with Crippen LogP contribution in [-0.4, -0.2) is 77.2 Å². The Bertz CT molecular complexity index is 944. The van der Waals surface area contributed by atoms with Gasteiger partial charge in [-0.05, 0) is 18.4 Å². The van der Waals surface area contributed by atoms with Gasteiger partial charge in [-0.1, -0.05) is 37.3 Å². The molecule has 1 aliphatic heterocycles. The van der Waals surface area contributed by atoms with Crippen LogP contribution >= 0.6 is 0 Å². The lowest BCUT2D eigenvalue weighted by molar-refractivity contribution is -0.121. The van der Waals surface area contributed by atoms with Crippen LogP contribution < -0.4 is 5.32 Å². The Balaban J connectivity index is 1.72. The third-order valence-corrected chi connectivity index (χ3v) is 5.55. The summed E-state index contributed by atoms with van der Waals surface area (Å²) in [6.07, 6.45) is 1.81. The lowest BCUT2D eigenvalue weighted by Gasteiger charge is -2.21. The first-order valence-electron chi connectivity index (χ1n) is 11.5. The number of nitrogens with zero attached hydrogens (tertiary/aromatic N) is 4. The van der Waals surface area contributed by atoms with Crippen molar-refractivity contribution < 1.29 is 19.1 Å². The molecule has 0 aliphatic carbocycles. The number of hydrogen-bond donors (Lipinski definition) is 1. The van der Waals surface area contributed by atoms with Crippen LogP contribution in [-0.2, 0) is 22.6 Å². The number of amides is 3. The zero-order valence-electron chi connectivity index (χ0n) is 19.5. The van der Waals surface area contributed by atoms with Crippen molar-refractivity contribution in [1.82, 2.24) is 24.9 Å². The van der Waals surface area contributed by atoms with Gasteiger partial charge >= 0.3 is 0 Å². The largest absolute Gasteiger partial charge is 0.383 e. The average molecular weight is 456 g/mol. The molecular weight excluding hydrogens is 422 g/mol. The van der Waals surface area contributed by atoms with Crippen LogP contribution in [0.2, 0.25) is 0 Å². The van der Waals surface area contributed by atoms with Crippen molar-refractivity contribution in [2.75, 3.05) is 39.9 Å². The molecule has 3 rings (SSSR count). The van der Waals surface area contributed by atoms with E-state index in [1.165, 1.54) is 0 Å². The first kappa shape index (κ1) is 24.4. The van der Waals surface area contributed by atoms with Crippen molar-refractivity contribution in [1.29, 1.82) is 0 Å². The molecule has 0 spiro atoms. The van der Waals surface area contributed by atoms with Gasteiger partial charge in [0.25, 0.3) is 11.8 Å². The van der Waals surface area contributed by atoms with Gasteiger partial charge in [0.05, 0.1) is 6.61 Å². The van der Waals surface area contributed by atoms with Crippen LogP contribution in [0.4, 0.5) is 0 Å². The molecule has 3 amide bonds. The maximum atomic E-state index is 13.2. The fourth-order valence-electron chi connectivity index (χ4n) is 3.76. The van der Waals surface area contributed by atoms with Gasteiger partial charge in [0.1, 0.15) is 5.69 Å². The molecular formula is C24H33N5O4. The summed E-state index contributed by atoms with van der Waals surface area (Å²) in [5, 5.41) is 7.27. The second-order valence-electron chi connectivity index (χ2n) is 8.09. The van der Waals surface area contributed by atoms with Crippen LogP contribution in [0.5, 0.6) is 0 Å². The molecule has 1 aromatic carbocycles. The van der Waals surface area contributed by atoms with Crippen molar-refractivity contribution in [3.8, 4) is 0 Å². The summed E-state index contributed by atoms with van der Waals surface area (Å²) < 4.78 is 6.76. The van der Waals surface area contributed by atoms with Crippen molar-refractivity contribution >= 4 is 17.7 Å². The molecule has 33 heavy (non-hydrogen) atoms. The van der Waals surface area contributed by atoms with Crippen LogP contribution in [0.3, 0.4) is 0 Å². The molecule has 178 valence electrons. The molecule has 0 fully saturated rings. The molecule has 1 aliphatic rings. The SMILES string of the molecule is CCCNC(=O)CCN(CCOC)C(=O)c1cc2n(n1)CCCN(Cc1ccccc1)C2=O. The van der Waals surface area contributed by atoms with Crippen molar-refractivity contribution in [3.05, 3.63) is 53.3 Å². The number of carbonyl (C=O) groups excluding carboxylic acids is 3. The number of benzene rings is 1. The number of fused-ring (bicyclic) bond motifs is 1. The van der Waals surface area contributed by atoms with Crippen molar-refractivity contribution in [2.45, 2.75) is 39.3 Å². The first-order valence-corrected chi connectivity index (χ1v) is 11.5. The van der Waals surface area contributed by atoms with Gasteiger partial charge in [0, 0.05) is 58.9 Å². The van der Waals surface area contributed by atoms with E-state index in [9.17, 15) is 14.4 Å². The fraction of sp³-hybridized carbons (Fsp3) is 0.500. The van der Waals surface area contributed by atoms with Crippen LogP contribution in [0.25, 0.3) is 0 Å². The van der Waals surface area contributed by atoms with Crippen LogP contribution in [0.1, 0.15) is 52.7 Å². The third-order valence-electron chi connectivity index (χ3n) is 5.55. The van der Waals surface area contributed by atoms with Crippen molar-refractivity contribution in [3.63, 3.8) is 0 Å². The lowest BCUT2D eigenvalue weighted by Crippen LogP contribution is -2.37. The molecule has 0 saturated heterocycles. The minimum Gasteiger partial charge on any atom is -0.383 e. The summed E-state index contributed by atoms with van der Waals surface area (Å²) >= 11 is 0. The van der Waals surface area contributed by atoms with E-state index in [4.69, 9.17) is 4.74 Å². The molecule has 0 unspecified atom stereocenters. The van der Waals surface area contributed by atoms with E-state index in [-0.39, 0.29) is 36.4 Å². The summed E-state index contributed by atoms with van der Waals surface area (Å²) in [4.78, 5) is 41.8. The Morgan fingerprint density at radius 1 is 1.18 bits per heavy atom. The van der Waals surface area contributed by atoms with Crippen LogP contribution in [0, 0.1) is 0 Å².